The molecule has 3 aromatic rings. The fraction of sp³-hybridized carbons (Fsp3) is 0.167. The minimum atomic E-state index is -0.249. The van der Waals surface area contributed by atoms with E-state index in [2.05, 4.69) is 20.4 Å². The van der Waals surface area contributed by atoms with E-state index in [1.807, 2.05) is 37.4 Å². The lowest BCUT2D eigenvalue weighted by Crippen LogP contribution is -2.14. The molecular formula is C18H16FN5. The molecule has 0 spiro atoms. The van der Waals surface area contributed by atoms with E-state index in [1.54, 1.807) is 16.6 Å². The highest BCUT2D eigenvalue weighted by Gasteiger charge is 2.16. The summed E-state index contributed by atoms with van der Waals surface area (Å²) in [6.45, 7) is 2.69. The third kappa shape index (κ3) is 2.67. The van der Waals surface area contributed by atoms with Crippen LogP contribution in [0.5, 0.6) is 0 Å². The standard InChI is InChI=1S/C18H16FN5/c1-12(13-6-8-14(19)9-7-13)17-22-18(21-16-5-2-10-20-16)15-4-3-11-24(15)23-17/h2-9,11-12H,10H2,1H3,(H,20,21,22,23). The molecule has 0 saturated heterocycles. The molecule has 2 aromatic heterocycles. The summed E-state index contributed by atoms with van der Waals surface area (Å²) in [5, 5.41) is 7.84. The molecule has 0 aliphatic carbocycles. The second-order valence-corrected chi connectivity index (χ2v) is 5.68. The van der Waals surface area contributed by atoms with Gasteiger partial charge in [-0.3, -0.25) is 4.99 Å². The molecule has 5 nitrogen and oxygen atoms in total. The van der Waals surface area contributed by atoms with E-state index in [-0.39, 0.29) is 11.7 Å². The number of benzene rings is 1. The molecule has 0 saturated carbocycles. The summed E-state index contributed by atoms with van der Waals surface area (Å²) < 4.78 is 14.9. The number of anilines is 1. The molecular weight excluding hydrogens is 305 g/mol. The first kappa shape index (κ1) is 14.6. The van der Waals surface area contributed by atoms with Crippen molar-refractivity contribution in [1.82, 2.24) is 14.6 Å². The van der Waals surface area contributed by atoms with E-state index in [1.165, 1.54) is 12.1 Å². The zero-order valence-corrected chi connectivity index (χ0v) is 13.1. The largest absolute Gasteiger partial charge is 0.323 e. The summed E-state index contributed by atoms with van der Waals surface area (Å²) in [5.41, 5.74) is 1.85. The number of fused-ring (bicyclic) bond motifs is 1. The predicted octanol–water partition coefficient (Wildman–Crippen LogP) is 3.40. The maximum Gasteiger partial charge on any atom is 0.159 e. The Morgan fingerprint density at radius 3 is 2.79 bits per heavy atom. The maximum atomic E-state index is 13.1. The number of hydrogen-bond acceptors (Lipinski definition) is 4. The van der Waals surface area contributed by atoms with Gasteiger partial charge in [0.25, 0.3) is 0 Å². The van der Waals surface area contributed by atoms with Gasteiger partial charge in [-0.05, 0) is 35.9 Å². The molecule has 1 N–H and O–H groups in total. The molecule has 1 aliphatic heterocycles. The molecule has 0 radical (unpaired) electrons. The number of rotatable bonds is 3. The highest BCUT2D eigenvalue weighted by Crippen LogP contribution is 2.24. The van der Waals surface area contributed by atoms with Crippen molar-refractivity contribution in [1.29, 1.82) is 0 Å². The van der Waals surface area contributed by atoms with Crippen molar-refractivity contribution in [3.05, 3.63) is 72.0 Å². The molecule has 120 valence electrons. The van der Waals surface area contributed by atoms with Crippen LogP contribution in [0.15, 0.2) is 59.7 Å². The van der Waals surface area contributed by atoms with Gasteiger partial charge in [-0.15, -0.1) is 0 Å². The zero-order valence-electron chi connectivity index (χ0n) is 13.1. The van der Waals surface area contributed by atoms with Gasteiger partial charge in [0.15, 0.2) is 11.6 Å². The van der Waals surface area contributed by atoms with E-state index in [9.17, 15) is 4.39 Å². The zero-order chi connectivity index (χ0) is 16.5. The Morgan fingerprint density at radius 2 is 2.04 bits per heavy atom. The quantitative estimate of drug-likeness (QED) is 0.804. The summed E-state index contributed by atoms with van der Waals surface area (Å²) in [6, 6.07) is 10.3. The Hall–Kier alpha value is -3.02. The molecule has 6 heteroatoms. The van der Waals surface area contributed by atoms with Gasteiger partial charge in [-0.1, -0.05) is 25.1 Å². The summed E-state index contributed by atoms with van der Waals surface area (Å²) in [4.78, 5) is 9.03. The minimum Gasteiger partial charge on any atom is -0.323 e. The van der Waals surface area contributed by atoms with Gasteiger partial charge in [0.05, 0.1) is 6.54 Å². The number of hydrogen-bond donors (Lipinski definition) is 1. The molecule has 1 atom stereocenters. The van der Waals surface area contributed by atoms with Gasteiger partial charge in [0, 0.05) is 12.1 Å². The van der Waals surface area contributed by atoms with Gasteiger partial charge >= 0.3 is 0 Å². The lowest BCUT2D eigenvalue weighted by molar-refractivity contribution is 0.626. The number of aromatic nitrogens is 3. The van der Waals surface area contributed by atoms with E-state index in [0.29, 0.717) is 18.2 Å². The van der Waals surface area contributed by atoms with Crippen molar-refractivity contribution in [3.8, 4) is 0 Å². The van der Waals surface area contributed by atoms with Crippen molar-refractivity contribution in [2.24, 2.45) is 4.99 Å². The number of aliphatic imine (C=N–C) groups is 1. The van der Waals surface area contributed by atoms with Crippen LogP contribution in [0.2, 0.25) is 0 Å². The van der Waals surface area contributed by atoms with Crippen molar-refractivity contribution >= 4 is 17.2 Å². The predicted molar refractivity (Wildman–Crippen MR) is 92.0 cm³/mol. The Labute approximate surface area is 138 Å². The molecule has 0 fully saturated rings. The fourth-order valence-electron chi connectivity index (χ4n) is 2.70. The van der Waals surface area contributed by atoms with Crippen LogP contribution in [0.25, 0.3) is 5.52 Å². The highest BCUT2D eigenvalue weighted by atomic mass is 19.1. The SMILES string of the molecule is CC(c1ccc(F)cc1)c1nc(NC2=NCC=C2)c2cccn2n1. The smallest absolute Gasteiger partial charge is 0.159 e. The van der Waals surface area contributed by atoms with Gasteiger partial charge in [-0.2, -0.15) is 5.10 Å². The van der Waals surface area contributed by atoms with E-state index < -0.39 is 0 Å². The van der Waals surface area contributed by atoms with Gasteiger partial charge < -0.3 is 5.32 Å². The average molecular weight is 321 g/mol. The average Bonchev–Trinajstić information content (AvgIpc) is 3.26. The highest BCUT2D eigenvalue weighted by molar-refractivity contribution is 6.06. The van der Waals surface area contributed by atoms with Crippen LogP contribution in [-0.4, -0.2) is 27.0 Å². The van der Waals surface area contributed by atoms with Crippen LogP contribution in [-0.2, 0) is 0 Å². The first-order valence-corrected chi connectivity index (χ1v) is 7.79. The van der Waals surface area contributed by atoms with Crippen LogP contribution in [0.1, 0.15) is 24.2 Å². The normalized spacial score (nSPS) is 14.8. The number of nitrogens with zero attached hydrogens (tertiary/aromatic N) is 4. The molecule has 24 heavy (non-hydrogen) atoms. The molecule has 0 amide bonds. The van der Waals surface area contributed by atoms with E-state index in [0.717, 1.165) is 16.9 Å². The second kappa shape index (κ2) is 5.88. The molecule has 1 unspecified atom stereocenters. The Balaban J connectivity index is 1.75. The summed E-state index contributed by atoms with van der Waals surface area (Å²) in [6.07, 6.45) is 5.81. The van der Waals surface area contributed by atoms with Crippen molar-refractivity contribution in [2.75, 3.05) is 11.9 Å². The van der Waals surface area contributed by atoms with Crippen LogP contribution in [0, 0.1) is 5.82 Å². The Kier molecular flexibility index (Phi) is 3.57. The van der Waals surface area contributed by atoms with Gasteiger partial charge in [0.2, 0.25) is 0 Å². The first-order chi connectivity index (χ1) is 11.7. The number of amidine groups is 1. The Morgan fingerprint density at radius 1 is 1.21 bits per heavy atom. The van der Waals surface area contributed by atoms with Gasteiger partial charge in [-0.25, -0.2) is 13.9 Å². The molecule has 3 heterocycles. The topological polar surface area (TPSA) is 54.6 Å². The molecule has 4 rings (SSSR count). The van der Waals surface area contributed by atoms with Gasteiger partial charge in [0.1, 0.15) is 17.2 Å². The van der Waals surface area contributed by atoms with Crippen LogP contribution >= 0.6 is 0 Å². The third-order valence-electron chi connectivity index (χ3n) is 4.05. The van der Waals surface area contributed by atoms with E-state index in [4.69, 9.17) is 0 Å². The molecule has 0 bridgehead atoms. The summed E-state index contributed by atoms with van der Waals surface area (Å²) in [7, 11) is 0. The van der Waals surface area contributed by atoms with Crippen LogP contribution < -0.4 is 5.32 Å². The second-order valence-electron chi connectivity index (χ2n) is 5.68. The fourth-order valence-corrected chi connectivity index (χ4v) is 2.70. The third-order valence-corrected chi connectivity index (χ3v) is 4.05. The summed E-state index contributed by atoms with van der Waals surface area (Å²) in [5.74, 6) is 1.86. The van der Waals surface area contributed by atoms with Crippen LogP contribution in [0.4, 0.5) is 10.2 Å². The minimum absolute atomic E-state index is 0.0565. The van der Waals surface area contributed by atoms with Crippen molar-refractivity contribution in [2.45, 2.75) is 12.8 Å². The number of nitrogens with one attached hydrogen (secondary N) is 1. The van der Waals surface area contributed by atoms with Crippen molar-refractivity contribution in [3.63, 3.8) is 0 Å². The van der Waals surface area contributed by atoms with E-state index >= 15 is 0 Å². The lowest BCUT2D eigenvalue weighted by atomic mass is 10.0. The molecule has 1 aliphatic rings. The number of halogens is 1. The summed E-state index contributed by atoms with van der Waals surface area (Å²) >= 11 is 0. The monoisotopic (exact) mass is 321 g/mol. The molecule has 1 aromatic carbocycles. The maximum absolute atomic E-state index is 13.1. The van der Waals surface area contributed by atoms with Crippen LogP contribution in [0.3, 0.4) is 0 Å². The first-order valence-electron chi connectivity index (χ1n) is 7.79. The van der Waals surface area contributed by atoms with Crippen molar-refractivity contribution < 1.29 is 4.39 Å². The lowest BCUT2D eigenvalue weighted by Gasteiger charge is -2.14. The Bertz CT molecular complexity index is 940.